The van der Waals surface area contributed by atoms with Crippen LogP contribution in [-0.2, 0) is 17.7 Å². The Morgan fingerprint density at radius 3 is 2.84 bits per heavy atom. The van der Waals surface area contributed by atoms with Crippen molar-refractivity contribution in [2.45, 2.75) is 38.8 Å². The lowest BCUT2D eigenvalue weighted by Gasteiger charge is -2.27. The van der Waals surface area contributed by atoms with E-state index in [2.05, 4.69) is 30.4 Å². The third-order valence-corrected chi connectivity index (χ3v) is 3.74. The second kappa shape index (κ2) is 5.76. The van der Waals surface area contributed by atoms with E-state index in [-0.39, 0.29) is 0 Å². The van der Waals surface area contributed by atoms with Crippen LogP contribution in [0.25, 0.3) is 11.0 Å². The lowest BCUT2D eigenvalue weighted by molar-refractivity contribution is -0.00580. The predicted octanol–water partition coefficient (Wildman–Crippen LogP) is 3.26. The minimum absolute atomic E-state index is 0.507. The van der Waals surface area contributed by atoms with Gasteiger partial charge in [0.25, 0.3) is 0 Å². The second-order valence-electron chi connectivity index (χ2n) is 5.22. The number of nitrogens with one attached hydrogen (secondary N) is 1. The van der Waals surface area contributed by atoms with Gasteiger partial charge in [-0.05, 0) is 12.5 Å². The van der Waals surface area contributed by atoms with Crippen LogP contribution in [0.15, 0.2) is 28.7 Å². The summed E-state index contributed by atoms with van der Waals surface area (Å²) < 4.78 is 11.2. The van der Waals surface area contributed by atoms with Crippen LogP contribution in [0.4, 0.5) is 0 Å². The van der Waals surface area contributed by atoms with Gasteiger partial charge in [0.2, 0.25) is 0 Å². The summed E-state index contributed by atoms with van der Waals surface area (Å²) in [5.74, 6) is 1.15. The van der Waals surface area contributed by atoms with Gasteiger partial charge < -0.3 is 14.5 Å². The zero-order chi connectivity index (χ0) is 13.1. The maximum absolute atomic E-state index is 6.01. The average molecular weight is 259 g/mol. The summed E-state index contributed by atoms with van der Waals surface area (Å²) in [6.45, 7) is 4.76. The van der Waals surface area contributed by atoms with Crippen LogP contribution in [-0.4, -0.2) is 19.3 Å². The number of ether oxygens (including phenoxy) is 1. The Labute approximate surface area is 113 Å². The molecule has 1 fully saturated rings. The number of unbranched alkanes of at least 4 members (excludes halogenated alkanes) is 1. The van der Waals surface area contributed by atoms with E-state index in [0.29, 0.717) is 6.04 Å². The van der Waals surface area contributed by atoms with Crippen LogP contribution < -0.4 is 5.32 Å². The molecule has 3 nitrogen and oxygen atoms in total. The van der Waals surface area contributed by atoms with Crippen LogP contribution in [0.3, 0.4) is 0 Å². The summed E-state index contributed by atoms with van der Waals surface area (Å²) in [5, 5.41) is 4.80. The van der Waals surface area contributed by atoms with Crippen molar-refractivity contribution in [3.8, 4) is 0 Å². The molecule has 0 saturated carbocycles. The third kappa shape index (κ3) is 2.67. The smallest absolute Gasteiger partial charge is 0.134 e. The zero-order valence-corrected chi connectivity index (χ0v) is 11.4. The molecule has 1 aromatic carbocycles. The highest BCUT2D eigenvalue weighted by atomic mass is 16.5. The number of aryl methyl sites for hydroxylation is 1. The molecular weight excluding hydrogens is 238 g/mol. The van der Waals surface area contributed by atoms with Gasteiger partial charge in [-0.25, -0.2) is 0 Å². The first-order valence-electron chi connectivity index (χ1n) is 7.19. The molecule has 0 bridgehead atoms. The molecule has 0 amide bonds. The first-order chi connectivity index (χ1) is 9.38. The molecule has 3 rings (SSSR count). The van der Waals surface area contributed by atoms with Gasteiger partial charge in [0.15, 0.2) is 0 Å². The van der Waals surface area contributed by atoms with Gasteiger partial charge in [-0.2, -0.15) is 0 Å². The van der Waals surface area contributed by atoms with Gasteiger partial charge in [0, 0.05) is 23.9 Å². The van der Waals surface area contributed by atoms with E-state index in [1.807, 2.05) is 6.07 Å². The molecule has 1 aliphatic rings. The van der Waals surface area contributed by atoms with Crippen LogP contribution in [0.1, 0.15) is 31.1 Å². The number of para-hydroxylation sites is 1. The minimum atomic E-state index is 0.507. The van der Waals surface area contributed by atoms with Crippen molar-refractivity contribution < 1.29 is 9.15 Å². The maximum atomic E-state index is 6.01. The maximum Gasteiger partial charge on any atom is 0.134 e. The molecule has 0 radical (unpaired) electrons. The van der Waals surface area contributed by atoms with E-state index in [1.165, 1.54) is 23.8 Å². The molecule has 2 heterocycles. The molecular formula is C16H21NO2. The fourth-order valence-corrected chi connectivity index (χ4v) is 2.48. The van der Waals surface area contributed by atoms with Crippen molar-refractivity contribution in [2.75, 3.05) is 13.2 Å². The van der Waals surface area contributed by atoms with E-state index in [4.69, 9.17) is 9.15 Å². The minimum Gasteiger partial charge on any atom is -0.461 e. The normalized spacial score (nSPS) is 15.8. The van der Waals surface area contributed by atoms with Crippen molar-refractivity contribution in [1.29, 1.82) is 0 Å². The van der Waals surface area contributed by atoms with Crippen molar-refractivity contribution >= 4 is 11.0 Å². The molecule has 102 valence electrons. The molecule has 1 N–H and O–H groups in total. The quantitative estimate of drug-likeness (QED) is 0.864. The van der Waals surface area contributed by atoms with Crippen LogP contribution in [0.5, 0.6) is 0 Å². The van der Waals surface area contributed by atoms with Gasteiger partial charge in [-0.15, -0.1) is 0 Å². The molecule has 1 saturated heterocycles. The number of fused-ring (bicyclic) bond motifs is 1. The summed E-state index contributed by atoms with van der Waals surface area (Å²) in [5.41, 5.74) is 2.34. The molecule has 1 aromatic heterocycles. The lowest BCUT2D eigenvalue weighted by atomic mass is 10.1. The Morgan fingerprint density at radius 1 is 1.26 bits per heavy atom. The number of benzene rings is 1. The summed E-state index contributed by atoms with van der Waals surface area (Å²) in [4.78, 5) is 0. The number of hydrogen-bond acceptors (Lipinski definition) is 3. The molecule has 2 aromatic rings. The largest absolute Gasteiger partial charge is 0.461 e. The van der Waals surface area contributed by atoms with Crippen molar-refractivity contribution in [1.82, 2.24) is 5.32 Å². The molecule has 1 aliphatic heterocycles. The number of hydrogen-bond donors (Lipinski definition) is 1. The van der Waals surface area contributed by atoms with Crippen LogP contribution in [0.2, 0.25) is 0 Å². The monoisotopic (exact) mass is 259 g/mol. The second-order valence-corrected chi connectivity index (χ2v) is 5.22. The van der Waals surface area contributed by atoms with Crippen LogP contribution in [0, 0.1) is 0 Å². The third-order valence-electron chi connectivity index (χ3n) is 3.74. The molecule has 19 heavy (non-hydrogen) atoms. The van der Waals surface area contributed by atoms with Crippen molar-refractivity contribution in [3.05, 3.63) is 35.6 Å². The number of furan rings is 1. The SMILES string of the molecule is CCCCc1oc2ccccc2c1CNC1COC1. The van der Waals surface area contributed by atoms with E-state index in [9.17, 15) is 0 Å². The van der Waals surface area contributed by atoms with E-state index in [1.54, 1.807) is 0 Å². The highest BCUT2D eigenvalue weighted by Crippen LogP contribution is 2.27. The molecule has 0 unspecified atom stereocenters. The fraction of sp³-hybridized carbons (Fsp3) is 0.500. The van der Waals surface area contributed by atoms with Gasteiger partial charge in [0.05, 0.1) is 19.3 Å². The molecule has 0 atom stereocenters. The van der Waals surface area contributed by atoms with Gasteiger partial charge in [-0.3, -0.25) is 0 Å². The van der Waals surface area contributed by atoms with Crippen LogP contribution >= 0.6 is 0 Å². The highest BCUT2D eigenvalue weighted by Gasteiger charge is 2.19. The summed E-state index contributed by atoms with van der Waals surface area (Å²) in [6, 6.07) is 8.83. The van der Waals surface area contributed by atoms with E-state index < -0.39 is 0 Å². The summed E-state index contributed by atoms with van der Waals surface area (Å²) in [7, 11) is 0. The van der Waals surface area contributed by atoms with Gasteiger partial charge >= 0.3 is 0 Å². The Balaban J connectivity index is 1.83. The van der Waals surface area contributed by atoms with Crippen molar-refractivity contribution in [3.63, 3.8) is 0 Å². The summed E-state index contributed by atoms with van der Waals surface area (Å²) in [6.07, 6.45) is 3.41. The fourth-order valence-electron chi connectivity index (χ4n) is 2.48. The standard InChI is InChI=1S/C16H21NO2/c1-2-3-7-16-14(9-17-12-10-18-11-12)13-6-4-5-8-15(13)19-16/h4-6,8,12,17H,2-3,7,9-11H2,1H3. The Morgan fingerprint density at radius 2 is 2.11 bits per heavy atom. The Hall–Kier alpha value is -1.32. The molecule has 0 spiro atoms. The first-order valence-corrected chi connectivity index (χ1v) is 7.19. The van der Waals surface area contributed by atoms with Gasteiger partial charge in [0.1, 0.15) is 11.3 Å². The lowest BCUT2D eigenvalue weighted by Crippen LogP contribution is -2.45. The topological polar surface area (TPSA) is 34.4 Å². The average Bonchev–Trinajstić information content (AvgIpc) is 2.73. The number of rotatable bonds is 6. The summed E-state index contributed by atoms with van der Waals surface area (Å²) >= 11 is 0. The molecule has 0 aliphatic carbocycles. The Bertz CT molecular complexity index is 543. The highest BCUT2D eigenvalue weighted by molar-refractivity contribution is 5.82. The van der Waals surface area contributed by atoms with Crippen molar-refractivity contribution in [2.24, 2.45) is 0 Å². The van der Waals surface area contributed by atoms with Gasteiger partial charge in [-0.1, -0.05) is 31.5 Å². The van der Waals surface area contributed by atoms with E-state index in [0.717, 1.165) is 37.5 Å². The Kier molecular flexibility index (Phi) is 3.85. The molecule has 3 heteroatoms. The predicted molar refractivity (Wildman–Crippen MR) is 76.3 cm³/mol. The first kappa shape index (κ1) is 12.7. The zero-order valence-electron chi connectivity index (χ0n) is 11.4. The van der Waals surface area contributed by atoms with E-state index >= 15 is 0 Å².